The van der Waals surface area contributed by atoms with Crippen molar-refractivity contribution in [3.63, 3.8) is 0 Å². The fourth-order valence-corrected chi connectivity index (χ4v) is 6.79. The molecule has 2 aromatic carbocycles. The number of esters is 1. The summed E-state index contributed by atoms with van der Waals surface area (Å²) in [6.45, 7) is 0.205. The van der Waals surface area contributed by atoms with Crippen LogP contribution in [0.4, 0.5) is 5.69 Å². The Kier molecular flexibility index (Phi) is 7.49. The highest BCUT2D eigenvalue weighted by Crippen LogP contribution is 2.45. The number of nitrogens with zero attached hydrogens (tertiary/aromatic N) is 3. The number of carbonyl (C=O) groups is 1. The smallest absolute Gasteiger partial charge is 0.338 e. The molecule has 0 N–H and O–H groups in total. The number of hydrazone groups is 1. The van der Waals surface area contributed by atoms with E-state index in [9.17, 15) is 10.1 Å². The molecule has 1 saturated carbocycles. The normalized spacial score (nSPS) is 23.8. The topological polar surface area (TPSA) is 74.9 Å². The standard InChI is InChI=1S/C33H32ClN3O3/c1-39-28-13-6-21(7-14-28)20-40-33(38)25-10-9-24-16-22(17-25)8-15-29-31(24)36-37(32(29)23-4-2-3-5-23)27-12-11-26(19-35)30(34)18-27/h6-7,9-14,16-18,23-24,29,32H,2-5,8,15,20H2,1H3. The van der Waals surface area contributed by atoms with Gasteiger partial charge in [-0.25, -0.2) is 4.79 Å². The van der Waals surface area contributed by atoms with Crippen molar-refractivity contribution in [2.45, 2.75) is 51.2 Å². The van der Waals surface area contributed by atoms with Crippen LogP contribution >= 0.6 is 11.6 Å². The molecule has 4 aliphatic rings. The molecule has 0 amide bonds. The monoisotopic (exact) mass is 553 g/mol. The maximum atomic E-state index is 13.0. The van der Waals surface area contributed by atoms with Gasteiger partial charge in [-0.1, -0.05) is 60.4 Å². The van der Waals surface area contributed by atoms with Gasteiger partial charge in [-0.3, -0.25) is 5.01 Å². The van der Waals surface area contributed by atoms with Crippen LogP contribution < -0.4 is 9.75 Å². The summed E-state index contributed by atoms with van der Waals surface area (Å²) in [6.07, 6.45) is 15.0. The van der Waals surface area contributed by atoms with Crippen LogP contribution in [0.25, 0.3) is 0 Å². The molecular weight excluding hydrogens is 522 g/mol. The predicted octanol–water partition coefficient (Wildman–Crippen LogP) is 7.15. The summed E-state index contributed by atoms with van der Waals surface area (Å²) < 4.78 is 10.9. The number of ether oxygens (including phenoxy) is 2. The van der Waals surface area contributed by atoms with Crippen LogP contribution in [0.3, 0.4) is 0 Å². The van der Waals surface area contributed by atoms with Gasteiger partial charge in [-0.05, 0) is 73.6 Å². The zero-order chi connectivity index (χ0) is 27.6. The van der Waals surface area contributed by atoms with E-state index in [1.807, 2.05) is 48.6 Å². The summed E-state index contributed by atoms with van der Waals surface area (Å²) in [5.74, 6) is 1.32. The van der Waals surface area contributed by atoms with E-state index in [0.29, 0.717) is 28.0 Å². The van der Waals surface area contributed by atoms with E-state index in [1.165, 1.54) is 25.7 Å². The van der Waals surface area contributed by atoms with Gasteiger partial charge in [0.15, 0.2) is 0 Å². The highest BCUT2D eigenvalue weighted by atomic mass is 35.5. The van der Waals surface area contributed by atoms with Gasteiger partial charge in [0.05, 0.1) is 40.7 Å². The van der Waals surface area contributed by atoms with Crippen LogP contribution in [-0.2, 0) is 16.1 Å². The summed E-state index contributed by atoms with van der Waals surface area (Å²) in [5.41, 5.74) is 5.17. The lowest BCUT2D eigenvalue weighted by molar-refractivity contribution is -0.139. The third-order valence-electron chi connectivity index (χ3n) is 8.59. The maximum absolute atomic E-state index is 13.0. The molecule has 7 heteroatoms. The van der Waals surface area contributed by atoms with E-state index in [-0.39, 0.29) is 24.5 Å². The van der Waals surface area contributed by atoms with E-state index < -0.39 is 0 Å². The Labute approximate surface area is 240 Å². The first-order valence-corrected chi connectivity index (χ1v) is 14.4. The van der Waals surface area contributed by atoms with Gasteiger partial charge < -0.3 is 9.47 Å². The van der Waals surface area contributed by atoms with Crippen molar-refractivity contribution in [3.8, 4) is 11.8 Å². The van der Waals surface area contributed by atoms with Crippen molar-refractivity contribution in [2.24, 2.45) is 22.9 Å². The molecule has 2 bridgehead atoms. The molecule has 0 spiro atoms. The quantitative estimate of drug-likeness (QED) is 0.355. The third-order valence-corrected chi connectivity index (χ3v) is 8.90. The van der Waals surface area contributed by atoms with Crippen molar-refractivity contribution in [2.75, 3.05) is 12.1 Å². The molecule has 3 aliphatic carbocycles. The van der Waals surface area contributed by atoms with Gasteiger partial charge in [0.25, 0.3) is 0 Å². The van der Waals surface area contributed by atoms with Gasteiger partial charge in [-0.2, -0.15) is 10.4 Å². The highest BCUT2D eigenvalue weighted by molar-refractivity contribution is 6.32. The lowest BCUT2D eigenvalue weighted by Crippen LogP contribution is -2.39. The van der Waals surface area contributed by atoms with Crippen molar-refractivity contribution in [1.82, 2.24) is 0 Å². The van der Waals surface area contributed by atoms with Crippen molar-refractivity contribution in [1.29, 1.82) is 5.26 Å². The molecule has 1 fully saturated rings. The van der Waals surface area contributed by atoms with Crippen molar-refractivity contribution in [3.05, 3.63) is 94.1 Å². The Balaban J connectivity index is 1.24. The Morgan fingerprint density at radius 1 is 1.15 bits per heavy atom. The molecule has 6 rings (SSSR count). The lowest BCUT2D eigenvalue weighted by atomic mass is 9.79. The molecule has 3 atom stereocenters. The molecule has 0 radical (unpaired) electrons. The van der Waals surface area contributed by atoms with E-state index in [4.69, 9.17) is 26.2 Å². The van der Waals surface area contributed by atoms with Crippen LogP contribution in [-0.4, -0.2) is 24.8 Å². The van der Waals surface area contributed by atoms with Gasteiger partial charge in [-0.15, -0.1) is 0 Å². The number of anilines is 1. The molecule has 3 unspecified atom stereocenters. The third kappa shape index (κ3) is 5.19. The molecule has 204 valence electrons. The second-order valence-corrected chi connectivity index (χ2v) is 11.4. The lowest BCUT2D eigenvalue weighted by Gasteiger charge is -2.33. The van der Waals surface area contributed by atoms with Crippen molar-refractivity contribution < 1.29 is 14.3 Å². The summed E-state index contributed by atoms with van der Waals surface area (Å²) in [7, 11) is 1.63. The largest absolute Gasteiger partial charge is 0.497 e. The molecule has 6 nitrogen and oxygen atoms in total. The molecule has 0 aromatic heterocycles. The molecule has 1 heterocycles. The molecule has 1 aliphatic heterocycles. The first-order chi connectivity index (χ1) is 19.5. The number of nitriles is 1. The first kappa shape index (κ1) is 26.4. The second-order valence-electron chi connectivity index (χ2n) is 11.0. The van der Waals surface area contributed by atoms with Gasteiger partial charge >= 0.3 is 5.97 Å². The molecule has 2 aromatic rings. The average molecular weight is 554 g/mol. The number of halogens is 1. The fourth-order valence-electron chi connectivity index (χ4n) is 6.57. The van der Waals surface area contributed by atoms with E-state index >= 15 is 0 Å². The SMILES string of the molecule is COc1ccc(COC(=O)C2=CC3=CC(C=C2)C2=NN(c4ccc(C#N)c(Cl)c4)C(C4CCCC4)C2CC3)cc1. The van der Waals surface area contributed by atoms with Crippen LogP contribution in [0.1, 0.15) is 49.7 Å². The van der Waals surface area contributed by atoms with Crippen LogP contribution in [0.15, 0.2) is 83.0 Å². The summed E-state index contributed by atoms with van der Waals surface area (Å²) in [6, 6.07) is 15.6. The first-order valence-electron chi connectivity index (χ1n) is 14.0. The Morgan fingerprint density at radius 2 is 1.95 bits per heavy atom. The number of allylic oxidation sites excluding steroid dienone is 4. The highest BCUT2D eigenvalue weighted by Gasteiger charge is 2.45. The number of fused-ring (bicyclic) bond motifs is 3. The fraction of sp³-hybridized carbons (Fsp3) is 0.364. The molecule has 0 saturated heterocycles. The summed E-state index contributed by atoms with van der Waals surface area (Å²) in [4.78, 5) is 13.0. The van der Waals surface area contributed by atoms with Crippen molar-refractivity contribution >= 4 is 29.0 Å². The number of benzene rings is 2. The second kappa shape index (κ2) is 11.3. The Bertz CT molecular complexity index is 1460. The van der Waals surface area contributed by atoms with Gasteiger partial charge in [0.2, 0.25) is 0 Å². The Morgan fingerprint density at radius 3 is 2.67 bits per heavy atom. The predicted molar refractivity (Wildman–Crippen MR) is 156 cm³/mol. The summed E-state index contributed by atoms with van der Waals surface area (Å²) >= 11 is 6.45. The molecular formula is C33H32ClN3O3. The maximum Gasteiger partial charge on any atom is 0.338 e. The molecule has 40 heavy (non-hydrogen) atoms. The van der Waals surface area contributed by atoms with Crippen LogP contribution in [0.2, 0.25) is 5.02 Å². The minimum absolute atomic E-state index is 0.00777. The van der Waals surface area contributed by atoms with E-state index in [0.717, 1.165) is 41.1 Å². The average Bonchev–Trinajstić information content (AvgIpc) is 3.54. The Hall–Kier alpha value is -3.82. The number of hydrogen-bond donors (Lipinski definition) is 0. The minimum atomic E-state index is -0.332. The van der Waals surface area contributed by atoms with Gasteiger partial charge in [0, 0.05) is 11.8 Å². The summed E-state index contributed by atoms with van der Waals surface area (Å²) in [5, 5.41) is 17.2. The number of carbonyl (C=O) groups excluding carboxylic acids is 1. The minimum Gasteiger partial charge on any atom is -0.497 e. The zero-order valence-corrected chi connectivity index (χ0v) is 23.3. The number of methoxy groups -OCH3 is 1. The van der Waals surface area contributed by atoms with E-state index in [2.05, 4.69) is 23.2 Å². The number of hydrogen-bond acceptors (Lipinski definition) is 6. The van der Waals surface area contributed by atoms with E-state index in [1.54, 1.807) is 13.2 Å². The zero-order valence-electron chi connectivity index (χ0n) is 22.6. The van der Waals surface area contributed by atoms with Gasteiger partial charge in [0.1, 0.15) is 18.4 Å². The van der Waals surface area contributed by atoms with Crippen LogP contribution in [0, 0.1) is 29.1 Å². The number of rotatable bonds is 6. The van der Waals surface area contributed by atoms with Crippen LogP contribution in [0.5, 0.6) is 5.75 Å².